The number of rotatable bonds is 7. The van der Waals surface area contributed by atoms with Crippen LogP contribution in [-0.2, 0) is 11.4 Å². The van der Waals surface area contributed by atoms with E-state index >= 15 is 0 Å². The van der Waals surface area contributed by atoms with Crippen molar-refractivity contribution in [2.24, 2.45) is 0 Å². The zero-order valence-corrected chi connectivity index (χ0v) is 18.1. The van der Waals surface area contributed by atoms with Crippen molar-refractivity contribution in [2.75, 3.05) is 18.2 Å². The fourth-order valence-electron chi connectivity index (χ4n) is 3.60. The van der Waals surface area contributed by atoms with E-state index in [-0.39, 0.29) is 17.9 Å². The number of ether oxygens (including phenoxy) is 2. The Balaban J connectivity index is 1.65. The summed E-state index contributed by atoms with van der Waals surface area (Å²) in [5.74, 6) is 1.63. The van der Waals surface area contributed by atoms with Crippen LogP contribution in [0.1, 0.15) is 36.0 Å². The summed E-state index contributed by atoms with van der Waals surface area (Å²) < 4.78 is 11.5. The maximum absolute atomic E-state index is 12.8. The molecule has 1 aliphatic heterocycles. The molecule has 0 radical (unpaired) electrons. The monoisotopic (exact) mass is 437 g/mol. The van der Waals surface area contributed by atoms with Crippen LogP contribution < -0.4 is 20.3 Å². The number of aromatic amines is 1. The number of H-pyrrole nitrogens is 1. The molecule has 0 unspecified atom stereocenters. The van der Waals surface area contributed by atoms with E-state index in [9.17, 15) is 9.59 Å². The lowest BCUT2D eigenvalue weighted by Gasteiger charge is -2.25. The number of nitrogens with zero attached hydrogens (tertiary/aromatic N) is 1. The number of methoxy groups -OCH3 is 1. The molecule has 2 aromatic carbocycles. The van der Waals surface area contributed by atoms with Crippen molar-refractivity contribution < 1.29 is 14.3 Å². The minimum atomic E-state index is -0.419. The van der Waals surface area contributed by atoms with E-state index in [1.54, 1.807) is 7.11 Å². The molecule has 2 heterocycles. The number of nitrogens with one attached hydrogen (secondary N) is 2. The second kappa shape index (κ2) is 9.26. The summed E-state index contributed by atoms with van der Waals surface area (Å²) in [7, 11) is 1.57. The van der Waals surface area contributed by atoms with Gasteiger partial charge in [-0.2, -0.15) is 0 Å². The molecule has 1 amide bonds. The van der Waals surface area contributed by atoms with Crippen LogP contribution in [-0.4, -0.2) is 28.7 Å². The van der Waals surface area contributed by atoms with Gasteiger partial charge in [0.1, 0.15) is 12.4 Å². The third-order valence-electron chi connectivity index (χ3n) is 5.04. The van der Waals surface area contributed by atoms with Crippen molar-refractivity contribution in [3.05, 3.63) is 75.6 Å². The molecule has 3 aromatic rings. The molecule has 0 saturated carbocycles. The largest absolute Gasteiger partial charge is 0.493 e. The van der Waals surface area contributed by atoms with Gasteiger partial charge in [-0.15, -0.1) is 0 Å². The number of thioether (sulfide) groups is 1. The van der Waals surface area contributed by atoms with Crippen LogP contribution in [0.2, 0.25) is 0 Å². The lowest BCUT2D eigenvalue weighted by molar-refractivity contribution is -0.116. The maximum Gasteiger partial charge on any atom is 0.257 e. The number of hydrogen-bond acceptors (Lipinski definition) is 6. The molecule has 0 spiro atoms. The quantitative estimate of drug-likeness (QED) is 0.430. The first kappa shape index (κ1) is 21.0. The van der Waals surface area contributed by atoms with Gasteiger partial charge < -0.3 is 19.8 Å². The number of carbonyl (C=O) groups is 1. The van der Waals surface area contributed by atoms with Crippen LogP contribution >= 0.6 is 11.8 Å². The minimum absolute atomic E-state index is 0.158. The summed E-state index contributed by atoms with van der Waals surface area (Å²) in [5.41, 5.74) is 2.06. The van der Waals surface area contributed by atoms with Gasteiger partial charge >= 0.3 is 0 Å². The first-order valence-corrected chi connectivity index (χ1v) is 11.0. The van der Waals surface area contributed by atoms with E-state index in [0.717, 1.165) is 16.9 Å². The van der Waals surface area contributed by atoms with Crippen LogP contribution in [0, 0.1) is 0 Å². The number of amides is 1. The first-order valence-electron chi connectivity index (χ1n) is 10.0. The van der Waals surface area contributed by atoms with Crippen molar-refractivity contribution in [1.29, 1.82) is 0 Å². The SMILES string of the molecule is CCSc1nc2c(c(=O)[nH]1)[C@H](c1ccc(OCc3ccccc3)c(OC)c1)CC(=O)N2. The smallest absolute Gasteiger partial charge is 0.257 e. The predicted octanol–water partition coefficient (Wildman–Crippen LogP) is 3.94. The van der Waals surface area contributed by atoms with Gasteiger partial charge in [0.25, 0.3) is 5.56 Å². The van der Waals surface area contributed by atoms with E-state index < -0.39 is 5.92 Å². The van der Waals surface area contributed by atoms with Crippen LogP contribution in [0.4, 0.5) is 5.82 Å². The molecule has 0 fully saturated rings. The molecule has 0 saturated heterocycles. The second-order valence-corrected chi connectivity index (χ2v) is 8.31. The molecule has 1 aliphatic rings. The first-order chi connectivity index (χ1) is 15.1. The van der Waals surface area contributed by atoms with Crippen molar-refractivity contribution in [3.8, 4) is 11.5 Å². The average molecular weight is 438 g/mol. The third-order valence-corrected chi connectivity index (χ3v) is 5.79. The summed E-state index contributed by atoms with van der Waals surface area (Å²) in [5, 5.41) is 3.23. The van der Waals surface area contributed by atoms with Gasteiger partial charge in [-0.3, -0.25) is 9.59 Å². The fraction of sp³-hybridized carbons (Fsp3) is 0.261. The zero-order valence-electron chi connectivity index (χ0n) is 17.3. The van der Waals surface area contributed by atoms with Crippen molar-refractivity contribution >= 4 is 23.5 Å². The fourth-order valence-corrected chi connectivity index (χ4v) is 4.19. The maximum atomic E-state index is 12.8. The van der Waals surface area contributed by atoms with Crippen LogP contribution in [0.15, 0.2) is 58.5 Å². The Bertz CT molecular complexity index is 1150. The molecule has 4 rings (SSSR count). The van der Waals surface area contributed by atoms with Gasteiger partial charge in [-0.05, 0) is 29.0 Å². The van der Waals surface area contributed by atoms with Gasteiger partial charge in [-0.1, -0.05) is 55.1 Å². The van der Waals surface area contributed by atoms with E-state index in [1.807, 2.05) is 55.5 Å². The number of anilines is 1. The highest BCUT2D eigenvalue weighted by atomic mass is 32.2. The Kier molecular flexibility index (Phi) is 6.27. The highest BCUT2D eigenvalue weighted by Gasteiger charge is 2.31. The summed E-state index contributed by atoms with van der Waals surface area (Å²) in [6, 6.07) is 15.3. The van der Waals surface area contributed by atoms with Gasteiger partial charge in [0.2, 0.25) is 5.91 Å². The van der Waals surface area contributed by atoms with Gasteiger partial charge in [-0.25, -0.2) is 4.98 Å². The standard InChI is InChI=1S/C23H23N3O4S/c1-3-31-23-25-21-20(22(28)26-23)16(12-19(27)24-21)15-9-10-17(18(11-15)29-2)30-13-14-7-5-4-6-8-14/h4-11,16H,3,12-13H2,1-2H3,(H2,24,25,26,27,28)/t16-/m0/s1. The van der Waals surface area contributed by atoms with Crippen molar-refractivity contribution in [3.63, 3.8) is 0 Å². The second-order valence-electron chi connectivity index (χ2n) is 7.06. The van der Waals surface area contributed by atoms with Crippen molar-refractivity contribution in [2.45, 2.75) is 31.0 Å². The molecule has 7 nitrogen and oxygen atoms in total. The number of fused-ring (bicyclic) bond motifs is 1. The van der Waals surface area contributed by atoms with Gasteiger partial charge in [0.15, 0.2) is 16.7 Å². The topological polar surface area (TPSA) is 93.3 Å². The van der Waals surface area contributed by atoms with Crippen LogP contribution in [0.3, 0.4) is 0 Å². The lowest BCUT2D eigenvalue weighted by atomic mass is 9.86. The summed E-state index contributed by atoms with van der Waals surface area (Å²) in [6.45, 7) is 2.38. The Morgan fingerprint density at radius 1 is 1.13 bits per heavy atom. The average Bonchev–Trinajstić information content (AvgIpc) is 2.77. The molecule has 1 atom stereocenters. The number of carbonyl (C=O) groups excluding carboxylic acids is 1. The lowest BCUT2D eigenvalue weighted by Crippen LogP contribution is -2.31. The van der Waals surface area contributed by atoms with Crippen LogP contribution in [0.5, 0.6) is 11.5 Å². The molecule has 0 bridgehead atoms. The molecular weight excluding hydrogens is 414 g/mol. The van der Waals surface area contributed by atoms with E-state index in [4.69, 9.17) is 9.47 Å². The Morgan fingerprint density at radius 2 is 1.94 bits per heavy atom. The summed E-state index contributed by atoms with van der Waals surface area (Å²) in [6.07, 6.45) is 0.158. The third kappa shape index (κ3) is 4.59. The predicted molar refractivity (Wildman–Crippen MR) is 120 cm³/mol. The molecular formula is C23H23N3O4S. The summed E-state index contributed by atoms with van der Waals surface area (Å²) in [4.78, 5) is 32.4. The molecule has 31 heavy (non-hydrogen) atoms. The van der Waals surface area contributed by atoms with E-state index in [2.05, 4.69) is 15.3 Å². The number of benzene rings is 2. The van der Waals surface area contributed by atoms with Crippen molar-refractivity contribution in [1.82, 2.24) is 9.97 Å². The van der Waals surface area contributed by atoms with E-state index in [0.29, 0.717) is 34.6 Å². The molecule has 0 aliphatic carbocycles. The van der Waals surface area contributed by atoms with Gasteiger partial charge in [0, 0.05) is 12.3 Å². The van der Waals surface area contributed by atoms with Gasteiger partial charge in [0.05, 0.1) is 12.7 Å². The number of aromatic nitrogens is 2. The molecule has 160 valence electrons. The molecule has 1 aromatic heterocycles. The Morgan fingerprint density at radius 3 is 2.68 bits per heavy atom. The Labute approximate surface area is 184 Å². The normalized spacial score (nSPS) is 15.2. The summed E-state index contributed by atoms with van der Waals surface area (Å²) >= 11 is 1.42. The number of hydrogen-bond donors (Lipinski definition) is 2. The molecule has 8 heteroatoms. The van der Waals surface area contributed by atoms with Crippen LogP contribution in [0.25, 0.3) is 0 Å². The van der Waals surface area contributed by atoms with E-state index in [1.165, 1.54) is 11.8 Å². The minimum Gasteiger partial charge on any atom is -0.493 e. The highest BCUT2D eigenvalue weighted by molar-refractivity contribution is 7.99. The molecule has 2 N–H and O–H groups in total. The highest BCUT2D eigenvalue weighted by Crippen LogP contribution is 2.38. The Hall–Kier alpha value is -3.26. The zero-order chi connectivity index (χ0) is 21.8.